The first kappa shape index (κ1) is 12.4. The van der Waals surface area contributed by atoms with Crippen molar-refractivity contribution in [3.63, 3.8) is 0 Å². The van der Waals surface area contributed by atoms with Crippen LogP contribution in [0.25, 0.3) is 0 Å². The SMILES string of the molecule is CCO[Si](C)(OCC)OC(C)S. The van der Waals surface area contributed by atoms with Gasteiger partial charge in [0, 0.05) is 19.8 Å². The second kappa shape index (κ2) is 5.99. The van der Waals surface area contributed by atoms with E-state index in [0.29, 0.717) is 13.2 Å². The van der Waals surface area contributed by atoms with Gasteiger partial charge in [-0.05, 0) is 20.8 Å². The molecule has 5 heteroatoms. The van der Waals surface area contributed by atoms with Gasteiger partial charge in [-0.15, -0.1) is 12.6 Å². The highest BCUT2D eigenvalue weighted by molar-refractivity contribution is 7.80. The molecule has 0 radical (unpaired) electrons. The number of thiol groups is 1. The number of hydrogen-bond donors (Lipinski definition) is 1. The predicted molar refractivity (Wildman–Crippen MR) is 54.4 cm³/mol. The van der Waals surface area contributed by atoms with E-state index in [2.05, 4.69) is 12.6 Å². The minimum absolute atomic E-state index is 0.139. The topological polar surface area (TPSA) is 27.7 Å². The summed E-state index contributed by atoms with van der Waals surface area (Å²) in [6.45, 7) is 8.82. The van der Waals surface area contributed by atoms with Crippen molar-refractivity contribution in [2.24, 2.45) is 0 Å². The van der Waals surface area contributed by atoms with Crippen LogP contribution in [0.2, 0.25) is 6.55 Å². The van der Waals surface area contributed by atoms with Crippen LogP contribution >= 0.6 is 12.6 Å². The van der Waals surface area contributed by atoms with Crippen LogP contribution in [0, 0.1) is 0 Å². The van der Waals surface area contributed by atoms with Crippen LogP contribution in [-0.2, 0) is 13.3 Å². The smallest absolute Gasteiger partial charge is 0.374 e. The summed E-state index contributed by atoms with van der Waals surface area (Å²) in [7, 11) is -2.39. The van der Waals surface area contributed by atoms with E-state index in [1.807, 2.05) is 27.3 Å². The van der Waals surface area contributed by atoms with E-state index in [1.165, 1.54) is 0 Å². The van der Waals surface area contributed by atoms with E-state index in [9.17, 15) is 0 Å². The molecule has 0 aliphatic heterocycles. The minimum Gasteiger partial charge on any atom is -0.374 e. The molecule has 0 saturated heterocycles. The molecule has 12 heavy (non-hydrogen) atoms. The molecular formula is C7H18O3SSi. The minimum atomic E-state index is -2.39. The van der Waals surface area contributed by atoms with E-state index in [1.54, 1.807) is 0 Å². The normalized spacial score (nSPS) is 14.8. The molecule has 0 rings (SSSR count). The van der Waals surface area contributed by atoms with Crippen molar-refractivity contribution in [1.82, 2.24) is 0 Å². The maximum absolute atomic E-state index is 5.48. The van der Waals surface area contributed by atoms with Gasteiger partial charge in [0.15, 0.2) is 0 Å². The molecule has 0 saturated carbocycles. The summed E-state index contributed by atoms with van der Waals surface area (Å²) in [6, 6.07) is 0. The maximum Gasteiger partial charge on any atom is 0.498 e. The van der Waals surface area contributed by atoms with E-state index < -0.39 is 8.80 Å². The predicted octanol–water partition coefficient (Wildman–Crippen LogP) is 1.92. The molecule has 0 bridgehead atoms. The Morgan fingerprint density at radius 3 is 1.92 bits per heavy atom. The molecule has 0 spiro atoms. The van der Waals surface area contributed by atoms with Gasteiger partial charge >= 0.3 is 8.80 Å². The van der Waals surface area contributed by atoms with Gasteiger partial charge in [0.1, 0.15) is 0 Å². The summed E-state index contributed by atoms with van der Waals surface area (Å²) in [5, 5.41) is 0. The zero-order valence-corrected chi connectivity index (χ0v) is 10.1. The first-order valence-corrected chi connectivity index (χ1v) is 6.92. The summed E-state index contributed by atoms with van der Waals surface area (Å²) in [5.74, 6) is 0. The van der Waals surface area contributed by atoms with Crippen molar-refractivity contribution in [2.75, 3.05) is 13.2 Å². The lowest BCUT2D eigenvalue weighted by Gasteiger charge is -2.26. The average molecular weight is 210 g/mol. The molecule has 0 heterocycles. The Hall–Kier alpha value is 0.447. The molecule has 3 nitrogen and oxygen atoms in total. The van der Waals surface area contributed by atoms with Gasteiger partial charge in [0.25, 0.3) is 0 Å². The first-order valence-electron chi connectivity index (χ1n) is 4.18. The van der Waals surface area contributed by atoms with E-state index in [4.69, 9.17) is 13.3 Å². The molecule has 0 aromatic heterocycles. The number of hydrogen-bond acceptors (Lipinski definition) is 4. The monoisotopic (exact) mass is 210 g/mol. The van der Waals surface area contributed by atoms with Gasteiger partial charge in [-0.1, -0.05) is 0 Å². The Bertz CT molecular complexity index is 115. The standard InChI is InChI=1S/C7H18O3SSi/c1-5-8-12(4,9-6-2)10-7(3)11/h7,11H,5-6H2,1-4H3. The van der Waals surface area contributed by atoms with Gasteiger partial charge in [-0.2, -0.15) is 0 Å². The molecule has 0 aromatic carbocycles. The van der Waals surface area contributed by atoms with Crippen molar-refractivity contribution in [2.45, 2.75) is 32.8 Å². The summed E-state index contributed by atoms with van der Waals surface area (Å²) >= 11 is 4.13. The van der Waals surface area contributed by atoms with Crippen LogP contribution in [0.3, 0.4) is 0 Å². The fourth-order valence-corrected chi connectivity index (χ4v) is 3.41. The van der Waals surface area contributed by atoms with Crippen LogP contribution in [0.15, 0.2) is 0 Å². The molecule has 74 valence electrons. The molecular weight excluding hydrogens is 192 g/mol. The van der Waals surface area contributed by atoms with Gasteiger partial charge in [-0.25, -0.2) is 0 Å². The van der Waals surface area contributed by atoms with Crippen LogP contribution < -0.4 is 0 Å². The summed E-state index contributed by atoms with van der Waals surface area (Å²) in [4.78, 5) is 0. The molecule has 1 unspecified atom stereocenters. The van der Waals surface area contributed by atoms with Crippen molar-refractivity contribution in [3.8, 4) is 0 Å². The fraction of sp³-hybridized carbons (Fsp3) is 1.00. The fourth-order valence-electron chi connectivity index (χ4n) is 0.944. The highest BCUT2D eigenvalue weighted by Gasteiger charge is 2.35. The zero-order valence-electron chi connectivity index (χ0n) is 8.16. The number of rotatable bonds is 6. The van der Waals surface area contributed by atoms with Crippen molar-refractivity contribution in [1.29, 1.82) is 0 Å². The van der Waals surface area contributed by atoms with E-state index >= 15 is 0 Å². The molecule has 0 fully saturated rings. The highest BCUT2D eigenvalue weighted by Crippen LogP contribution is 2.13. The van der Waals surface area contributed by atoms with E-state index in [0.717, 1.165) is 0 Å². The van der Waals surface area contributed by atoms with Gasteiger partial charge in [-0.3, -0.25) is 0 Å². The quantitative estimate of drug-likeness (QED) is 0.412. The molecule has 0 aliphatic carbocycles. The van der Waals surface area contributed by atoms with Crippen LogP contribution in [0.4, 0.5) is 0 Å². The van der Waals surface area contributed by atoms with Crippen LogP contribution in [-0.4, -0.2) is 27.5 Å². The maximum atomic E-state index is 5.48. The van der Waals surface area contributed by atoms with Crippen LogP contribution in [0.1, 0.15) is 20.8 Å². The zero-order chi connectivity index (χ0) is 9.61. The Morgan fingerprint density at radius 2 is 1.67 bits per heavy atom. The first-order chi connectivity index (χ1) is 5.54. The average Bonchev–Trinajstić information content (AvgIpc) is 1.85. The second-order valence-electron chi connectivity index (χ2n) is 2.45. The second-order valence-corrected chi connectivity index (χ2v) is 5.71. The van der Waals surface area contributed by atoms with Gasteiger partial charge in [0.05, 0.1) is 5.44 Å². The Kier molecular flexibility index (Phi) is 6.21. The molecule has 1 atom stereocenters. The largest absolute Gasteiger partial charge is 0.498 e. The summed E-state index contributed by atoms with van der Waals surface area (Å²) in [6.07, 6.45) is 0. The lowest BCUT2D eigenvalue weighted by Crippen LogP contribution is -2.44. The van der Waals surface area contributed by atoms with Crippen molar-refractivity contribution in [3.05, 3.63) is 0 Å². The summed E-state index contributed by atoms with van der Waals surface area (Å²) < 4.78 is 16.3. The van der Waals surface area contributed by atoms with Crippen LogP contribution in [0.5, 0.6) is 0 Å². The Balaban J connectivity index is 3.98. The van der Waals surface area contributed by atoms with Crippen molar-refractivity contribution >= 4 is 21.4 Å². The lowest BCUT2D eigenvalue weighted by molar-refractivity contribution is 0.0701. The molecule has 0 aromatic rings. The van der Waals surface area contributed by atoms with E-state index in [-0.39, 0.29) is 5.44 Å². The molecule has 0 amide bonds. The summed E-state index contributed by atoms with van der Waals surface area (Å²) in [5.41, 5.74) is -0.139. The molecule has 0 N–H and O–H groups in total. The van der Waals surface area contributed by atoms with Crippen molar-refractivity contribution < 1.29 is 13.3 Å². The Morgan fingerprint density at radius 1 is 1.25 bits per heavy atom. The lowest BCUT2D eigenvalue weighted by atomic mass is 10.9. The van der Waals surface area contributed by atoms with Gasteiger partial charge in [0.2, 0.25) is 0 Å². The Labute approximate surface area is 81.2 Å². The highest BCUT2D eigenvalue weighted by atomic mass is 32.1. The third kappa shape index (κ3) is 5.16. The third-order valence-corrected chi connectivity index (χ3v) is 3.91. The third-order valence-electron chi connectivity index (χ3n) is 1.20. The molecule has 0 aliphatic rings. The van der Waals surface area contributed by atoms with Gasteiger partial charge < -0.3 is 13.3 Å².